The molecule has 4 N–H and O–H groups in total. The second-order valence-electron chi connectivity index (χ2n) is 8.53. The van der Waals surface area contributed by atoms with Gasteiger partial charge >= 0.3 is 0 Å². The minimum absolute atomic E-state index is 0.0862. The minimum Gasteiger partial charge on any atom is -0.383 e. The maximum absolute atomic E-state index is 12.7. The van der Waals surface area contributed by atoms with Crippen molar-refractivity contribution in [2.45, 2.75) is 64.5 Å². The van der Waals surface area contributed by atoms with Crippen molar-refractivity contribution in [2.75, 3.05) is 5.73 Å². The molecule has 7 heteroatoms. The Bertz CT molecular complexity index is 923. The Morgan fingerprint density at radius 1 is 1.03 bits per heavy atom. The van der Waals surface area contributed by atoms with Gasteiger partial charge in [0, 0.05) is 17.6 Å². The average molecular weight is 396 g/mol. The highest BCUT2D eigenvalue weighted by atomic mass is 16.2. The summed E-state index contributed by atoms with van der Waals surface area (Å²) >= 11 is 0. The third-order valence-electron chi connectivity index (χ3n) is 6.01. The van der Waals surface area contributed by atoms with E-state index in [1.54, 1.807) is 23.0 Å². The van der Waals surface area contributed by atoms with Crippen LogP contribution in [0.25, 0.3) is 5.69 Å². The van der Waals surface area contributed by atoms with Crippen molar-refractivity contribution in [3.8, 4) is 5.69 Å². The molecule has 0 spiro atoms. The van der Waals surface area contributed by atoms with E-state index in [-0.39, 0.29) is 29.4 Å². The first-order valence-corrected chi connectivity index (χ1v) is 10.5. The number of nitrogens with one attached hydrogen (secondary N) is 2. The van der Waals surface area contributed by atoms with Gasteiger partial charge in [-0.25, -0.2) is 4.98 Å². The maximum atomic E-state index is 12.7. The molecule has 0 atom stereocenters. The normalized spacial score (nSPS) is 21.6. The topological polar surface area (TPSA) is 102 Å². The number of nitrogens with two attached hydrogens (primary N) is 1. The molecule has 4 rings (SSSR count). The van der Waals surface area contributed by atoms with Gasteiger partial charge in [-0.05, 0) is 69.1 Å². The number of rotatable bonds is 5. The molecule has 154 valence electrons. The molecule has 0 saturated heterocycles. The number of hydrogen-bond donors (Lipinski definition) is 3. The monoisotopic (exact) mass is 395 g/mol. The molecule has 29 heavy (non-hydrogen) atoms. The second-order valence-corrected chi connectivity index (χ2v) is 8.53. The Morgan fingerprint density at radius 2 is 1.66 bits per heavy atom. The lowest BCUT2D eigenvalue weighted by Gasteiger charge is -2.26. The zero-order valence-electron chi connectivity index (χ0n) is 17.1. The lowest BCUT2D eigenvalue weighted by atomic mass is 9.87. The van der Waals surface area contributed by atoms with Crippen molar-refractivity contribution in [1.29, 1.82) is 0 Å². The van der Waals surface area contributed by atoms with E-state index in [0.717, 1.165) is 55.7 Å². The van der Waals surface area contributed by atoms with E-state index < -0.39 is 0 Å². The van der Waals surface area contributed by atoms with Crippen LogP contribution in [0.3, 0.4) is 0 Å². The zero-order chi connectivity index (χ0) is 20.5. The highest BCUT2D eigenvalue weighted by Crippen LogP contribution is 2.26. The SMILES string of the molecule is Cc1ccc(C(=O)NC2CC2)cc1-n1cnc(C(=O)NC2CCC(C)CC2)c1N. The summed E-state index contributed by atoms with van der Waals surface area (Å²) in [7, 11) is 0. The van der Waals surface area contributed by atoms with Crippen molar-refractivity contribution in [2.24, 2.45) is 5.92 Å². The van der Waals surface area contributed by atoms with Gasteiger partial charge in [0.15, 0.2) is 5.69 Å². The van der Waals surface area contributed by atoms with Gasteiger partial charge in [0.05, 0.1) is 5.69 Å². The lowest BCUT2D eigenvalue weighted by molar-refractivity contribution is 0.0917. The van der Waals surface area contributed by atoms with Gasteiger partial charge in [-0.15, -0.1) is 0 Å². The van der Waals surface area contributed by atoms with Crippen LogP contribution in [-0.4, -0.2) is 33.4 Å². The molecule has 2 aromatic rings. The van der Waals surface area contributed by atoms with Crippen LogP contribution in [0.5, 0.6) is 0 Å². The van der Waals surface area contributed by atoms with Crippen LogP contribution in [0.4, 0.5) is 5.82 Å². The van der Waals surface area contributed by atoms with E-state index in [9.17, 15) is 9.59 Å². The van der Waals surface area contributed by atoms with Gasteiger partial charge in [0.1, 0.15) is 12.1 Å². The van der Waals surface area contributed by atoms with E-state index in [1.807, 2.05) is 13.0 Å². The van der Waals surface area contributed by atoms with Crippen molar-refractivity contribution >= 4 is 17.6 Å². The Kier molecular flexibility index (Phi) is 5.30. The van der Waals surface area contributed by atoms with Crippen LogP contribution >= 0.6 is 0 Å². The number of carbonyl (C=O) groups excluding carboxylic acids is 2. The van der Waals surface area contributed by atoms with E-state index in [0.29, 0.717) is 11.6 Å². The quantitative estimate of drug-likeness (QED) is 0.724. The Balaban J connectivity index is 1.53. The number of aryl methyl sites for hydroxylation is 1. The van der Waals surface area contributed by atoms with Crippen LogP contribution < -0.4 is 16.4 Å². The number of aromatic nitrogens is 2. The maximum Gasteiger partial charge on any atom is 0.273 e. The average Bonchev–Trinajstić information content (AvgIpc) is 3.43. The van der Waals surface area contributed by atoms with Crippen LogP contribution in [0.2, 0.25) is 0 Å². The molecule has 7 nitrogen and oxygen atoms in total. The largest absolute Gasteiger partial charge is 0.383 e. The number of anilines is 1. The third kappa shape index (κ3) is 4.28. The van der Waals surface area contributed by atoms with Gasteiger partial charge in [0.2, 0.25) is 0 Å². The van der Waals surface area contributed by atoms with Gasteiger partial charge in [-0.2, -0.15) is 0 Å². The number of benzene rings is 1. The molecule has 2 fully saturated rings. The Hall–Kier alpha value is -2.83. The molecule has 0 unspecified atom stereocenters. The number of imidazole rings is 1. The number of hydrogen-bond acceptors (Lipinski definition) is 4. The molecule has 0 bridgehead atoms. The standard InChI is InChI=1S/C22H29N5O2/c1-13-3-7-16(8-4-13)26-22(29)19-20(23)27(12-24-19)18-11-15(6-5-14(18)2)21(28)25-17-9-10-17/h5-6,11-13,16-17H,3-4,7-10,23H2,1-2H3,(H,25,28)(H,26,29). The fourth-order valence-corrected chi connectivity index (χ4v) is 3.89. The Morgan fingerprint density at radius 3 is 2.31 bits per heavy atom. The van der Waals surface area contributed by atoms with E-state index in [4.69, 9.17) is 5.73 Å². The summed E-state index contributed by atoms with van der Waals surface area (Å²) in [6.45, 7) is 4.19. The summed E-state index contributed by atoms with van der Waals surface area (Å²) in [6.07, 6.45) is 7.87. The molecule has 2 aliphatic carbocycles. The Labute approximate surface area is 171 Å². The first-order chi connectivity index (χ1) is 13.9. The number of nitrogen functional groups attached to an aromatic ring is 1. The van der Waals surface area contributed by atoms with Crippen molar-refractivity contribution in [3.05, 3.63) is 41.3 Å². The summed E-state index contributed by atoms with van der Waals surface area (Å²) in [4.78, 5) is 29.4. The van der Waals surface area contributed by atoms with Crippen molar-refractivity contribution in [3.63, 3.8) is 0 Å². The van der Waals surface area contributed by atoms with Crippen LogP contribution in [0, 0.1) is 12.8 Å². The van der Waals surface area contributed by atoms with E-state index >= 15 is 0 Å². The molecular weight excluding hydrogens is 366 g/mol. The number of amides is 2. The molecule has 1 aromatic carbocycles. The zero-order valence-corrected chi connectivity index (χ0v) is 17.1. The van der Waals surface area contributed by atoms with Gasteiger partial charge in [-0.3, -0.25) is 14.2 Å². The molecule has 0 radical (unpaired) electrons. The first kappa shape index (κ1) is 19.5. The summed E-state index contributed by atoms with van der Waals surface area (Å²) < 4.78 is 1.68. The van der Waals surface area contributed by atoms with Gasteiger partial charge < -0.3 is 16.4 Å². The van der Waals surface area contributed by atoms with Gasteiger partial charge in [0.25, 0.3) is 11.8 Å². The fourth-order valence-electron chi connectivity index (χ4n) is 3.89. The summed E-state index contributed by atoms with van der Waals surface area (Å²) in [5, 5.41) is 6.07. The highest BCUT2D eigenvalue weighted by molar-refractivity contribution is 5.97. The first-order valence-electron chi connectivity index (χ1n) is 10.5. The smallest absolute Gasteiger partial charge is 0.273 e. The molecule has 1 aromatic heterocycles. The van der Waals surface area contributed by atoms with Crippen LogP contribution in [0.15, 0.2) is 24.5 Å². The summed E-state index contributed by atoms with van der Waals surface area (Å²) in [5.41, 5.74) is 8.80. The van der Waals surface area contributed by atoms with Crippen LogP contribution in [0.1, 0.15) is 71.9 Å². The molecule has 2 amide bonds. The molecule has 2 saturated carbocycles. The highest BCUT2D eigenvalue weighted by Gasteiger charge is 2.25. The predicted molar refractivity (Wildman–Crippen MR) is 112 cm³/mol. The third-order valence-corrected chi connectivity index (χ3v) is 6.01. The predicted octanol–water partition coefficient (Wildman–Crippen LogP) is 2.96. The van der Waals surface area contributed by atoms with Crippen molar-refractivity contribution < 1.29 is 9.59 Å². The number of nitrogens with zero attached hydrogens (tertiary/aromatic N) is 2. The van der Waals surface area contributed by atoms with Crippen LogP contribution in [-0.2, 0) is 0 Å². The number of carbonyl (C=O) groups is 2. The fraction of sp³-hybridized carbons (Fsp3) is 0.500. The van der Waals surface area contributed by atoms with Gasteiger partial charge in [-0.1, -0.05) is 13.0 Å². The molecule has 0 aliphatic heterocycles. The summed E-state index contributed by atoms with van der Waals surface area (Å²) in [6, 6.07) is 5.97. The van der Waals surface area contributed by atoms with Crippen molar-refractivity contribution in [1.82, 2.24) is 20.2 Å². The molecule has 1 heterocycles. The minimum atomic E-state index is -0.235. The second kappa shape index (κ2) is 7.89. The van der Waals surface area contributed by atoms with E-state index in [1.165, 1.54) is 0 Å². The molecule has 2 aliphatic rings. The summed E-state index contributed by atoms with van der Waals surface area (Å²) in [5.74, 6) is 0.687. The molecular formula is C22H29N5O2. The lowest BCUT2D eigenvalue weighted by Crippen LogP contribution is -2.37. The van der Waals surface area contributed by atoms with E-state index in [2.05, 4.69) is 22.5 Å².